The number of unbranched alkanes of at least 4 members (excludes halogenated alkanes) is 15. The van der Waals surface area contributed by atoms with Crippen LogP contribution in [-0.4, -0.2) is 41.9 Å². The molecule has 0 amide bonds. The summed E-state index contributed by atoms with van der Waals surface area (Å²) in [6, 6.07) is 0. The van der Waals surface area contributed by atoms with Crippen LogP contribution in [0.2, 0.25) is 39.3 Å². The quantitative estimate of drug-likeness (QED) is 0.0728. The van der Waals surface area contributed by atoms with Crippen molar-refractivity contribution in [1.29, 1.82) is 0 Å². The van der Waals surface area contributed by atoms with Gasteiger partial charge in [-0.15, -0.1) is 0 Å². The van der Waals surface area contributed by atoms with Gasteiger partial charge in [-0.3, -0.25) is 4.79 Å². The van der Waals surface area contributed by atoms with Crippen molar-refractivity contribution in [3.05, 3.63) is 0 Å². The van der Waals surface area contributed by atoms with Gasteiger partial charge < -0.3 is 13.6 Å². The summed E-state index contributed by atoms with van der Waals surface area (Å²) in [6.45, 7) is 16.1. The van der Waals surface area contributed by atoms with Crippen LogP contribution in [-0.2, 0) is 18.4 Å². The molecule has 0 radical (unpaired) electrons. The molecule has 0 bridgehead atoms. The average molecular weight is 517 g/mol. The van der Waals surface area contributed by atoms with Crippen LogP contribution in [0, 0.1) is 0 Å². The molecule has 0 saturated heterocycles. The van der Waals surface area contributed by atoms with Crippen molar-refractivity contribution < 1.29 is 18.4 Å². The second-order valence-electron chi connectivity index (χ2n) is 12.0. The van der Waals surface area contributed by atoms with Crippen molar-refractivity contribution in [3.8, 4) is 0 Å². The van der Waals surface area contributed by atoms with Crippen LogP contribution in [0.1, 0.15) is 116 Å². The van der Waals surface area contributed by atoms with E-state index in [1.807, 2.05) is 0 Å². The van der Waals surface area contributed by atoms with Crippen molar-refractivity contribution in [1.82, 2.24) is 0 Å². The van der Waals surface area contributed by atoms with E-state index in [1.54, 1.807) is 0 Å². The Balaban J connectivity index is 3.70. The molecule has 0 fully saturated rings. The lowest BCUT2D eigenvalue weighted by molar-refractivity contribution is -0.152. The minimum absolute atomic E-state index is 0.103. The van der Waals surface area contributed by atoms with Gasteiger partial charge in [-0.25, -0.2) is 0 Å². The lowest BCUT2D eigenvalue weighted by atomic mass is 10.0. The van der Waals surface area contributed by atoms with E-state index < -0.39 is 16.6 Å². The van der Waals surface area contributed by atoms with Crippen LogP contribution in [0.25, 0.3) is 0 Å². The second kappa shape index (κ2) is 21.0. The fourth-order valence-corrected chi connectivity index (χ4v) is 5.24. The monoisotopic (exact) mass is 516 g/mol. The highest BCUT2D eigenvalue weighted by molar-refractivity contribution is 6.70. The zero-order valence-corrected chi connectivity index (χ0v) is 26.1. The summed E-state index contributed by atoms with van der Waals surface area (Å²) in [5.41, 5.74) is 0. The van der Waals surface area contributed by atoms with Crippen molar-refractivity contribution in [2.24, 2.45) is 0 Å². The number of rotatable bonds is 24. The maximum absolute atomic E-state index is 12.3. The summed E-state index contributed by atoms with van der Waals surface area (Å²) in [7, 11) is -3.29. The van der Waals surface area contributed by atoms with Crippen molar-refractivity contribution in [2.75, 3.05) is 13.2 Å². The first-order chi connectivity index (χ1) is 16.0. The maximum atomic E-state index is 12.3. The molecule has 0 atom stereocenters. The first kappa shape index (κ1) is 33.8. The fraction of sp³-hybridized carbons (Fsp3) is 0.964. The van der Waals surface area contributed by atoms with Crippen LogP contribution >= 0.6 is 0 Å². The summed E-state index contributed by atoms with van der Waals surface area (Å²) in [5, 5.41) is 0. The molecule has 0 aromatic rings. The maximum Gasteiger partial charge on any atom is 0.306 e. The van der Waals surface area contributed by atoms with Crippen LogP contribution < -0.4 is 0 Å². The van der Waals surface area contributed by atoms with Gasteiger partial charge in [0.25, 0.3) is 0 Å². The van der Waals surface area contributed by atoms with E-state index in [0.29, 0.717) is 19.6 Å². The van der Waals surface area contributed by atoms with Gasteiger partial charge in [0.2, 0.25) is 0 Å². The molecular formula is C28H60O4Si2. The van der Waals surface area contributed by atoms with E-state index in [2.05, 4.69) is 46.2 Å². The highest BCUT2D eigenvalue weighted by Crippen LogP contribution is 2.15. The van der Waals surface area contributed by atoms with Gasteiger partial charge in [-0.1, -0.05) is 103 Å². The molecule has 0 saturated carbocycles. The summed E-state index contributed by atoms with van der Waals surface area (Å²) < 4.78 is 17.7. The normalized spacial score (nSPS) is 12.5. The summed E-state index contributed by atoms with van der Waals surface area (Å²) in [6.07, 6.45) is 21.6. The van der Waals surface area contributed by atoms with Gasteiger partial charge in [0, 0.05) is 6.42 Å². The van der Waals surface area contributed by atoms with Gasteiger partial charge in [-0.05, 0) is 45.7 Å². The number of ether oxygens (including phenoxy) is 1. The predicted molar refractivity (Wildman–Crippen MR) is 153 cm³/mol. The van der Waals surface area contributed by atoms with E-state index in [0.717, 1.165) is 12.8 Å². The van der Waals surface area contributed by atoms with Crippen LogP contribution in [0.4, 0.5) is 0 Å². The third-order valence-electron chi connectivity index (χ3n) is 5.94. The Morgan fingerprint density at radius 2 is 0.882 bits per heavy atom. The molecule has 6 heteroatoms. The number of esters is 1. The molecule has 204 valence electrons. The Morgan fingerprint density at radius 1 is 0.559 bits per heavy atom. The summed E-state index contributed by atoms with van der Waals surface area (Å²) in [4.78, 5) is 12.3. The zero-order chi connectivity index (χ0) is 25.7. The van der Waals surface area contributed by atoms with Crippen molar-refractivity contribution in [2.45, 2.75) is 161 Å². The number of hydrogen-bond acceptors (Lipinski definition) is 4. The third-order valence-corrected chi connectivity index (χ3v) is 8.00. The largest absolute Gasteiger partial charge is 0.458 e. The van der Waals surface area contributed by atoms with Crippen molar-refractivity contribution >= 4 is 22.6 Å². The minimum atomic E-state index is -1.65. The lowest BCUT2D eigenvalue weighted by Crippen LogP contribution is -2.38. The molecule has 0 aromatic heterocycles. The molecule has 0 heterocycles. The molecule has 0 aromatic carbocycles. The van der Waals surface area contributed by atoms with Gasteiger partial charge in [0.15, 0.2) is 16.6 Å². The van der Waals surface area contributed by atoms with E-state index in [9.17, 15) is 4.79 Å². The number of carbonyl (C=O) groups excluding carboxylic acids is 1. The van der Waals surface area contributed by atoms with Crippen molar-refractivity contribution in [3.63, 3.8) is 0 Å². The highest BCUT2D eigenvalue weighted by Gasteiger charge is 2.23. The van der Waals surface area contributed by atoms with Gasteiger partial charge in [-0.2, -0.15) is 0 Å². The second-order valence-corrected chi connectivity index (χ2v) is 21.0. The summed E-state index contributed by atoms with van der Waals surface area (Å²) >= 11 is 0. The zero-order valence-electron chi connectivity index (χ0n) is 24.1. The first-order valence-corrected chi connectivity index (χ1v) is 21.3. The first-order valence-electron chi connectivity index (χ1n) is 14.5. The Hall–Kier alpha value is -0.176. The number of carbonyl (C=O) groups is 1. The predicted octanol–water partition coefficient (Wildman–Crippen LogP) is 9.25. The molecule has 0 N–H and O–H groups in total. The SMILES string of the molecule is CCCCCCCCCCCCCCCCCCC(=O)OC(CO[Si](C)(C)C)CO[Si](C)(C)C. The van der Waals surface area contributed by atoms with E-state index in [-0.39, 0.29) is 12.1 Å². The van der Waals surface area contributed by atoms with Crippen LogP contribution in [0.5, 0.6) is 0 Å². The van der Waals surface area contributed by atoms with Crippen LogP contribution in [0.15, 0.2) is 0 Å². The van der Waals surface area contributed by atoms with Crippen LogP contribution in [0.3, 0.4) is 0 Å². The third kappa shape index (κ3) is 26.4. The molecule has 0 rings (SSSR count). The minimum Gasteiger partial charge on any atom is -0.458 e. The van der Waals surface area contributed by atoms with Gasteiger partial charge in [0.05, 0.1) is 13.2 Å². The standard InChI is InChI=1S/C28H60O4Si2/c1-8-9-10-11-12-13-14-15-16-17-18-19-20-21-22-23-24-28(29)32-27(25-30-33(2,3)4)26-31-34(5,6)7/h27H,8-26H2,1-7H3. The van der Waals surface area contributed by atoms with E-state index >= 15 is 0 Å². The molecular weight excluding hydrogens is 456 g/mol. The Kier molecular flexibility index (Phi) is 20.9. The lowest BCUT2D eigenvalue weighted by Gasteiger charge is -2.26. The van der Waals surface area contributed by atoms with Gasteiger partial charge in [0.1, 0.15) is 6.10 Å². The Labute approximate surface area is 215 Å². The Morgan fingerprint density at radius 3 is 1.21 bits per heavy atom. The van der Waals surface area contributed by atoms with Gasteiger partial charge >= 0.3 is 5.97 Å². The molecule has 0 aliphatic heterocycles. The topological polar surface area (TPSA) is 44.8 Å². The highest BCUT2D eigenvalue weighted by atomic mass is 28.4. The molecule has 0 unspecified atom stereocenters. The molecule has 4 nitrogen and oxygen atoms in total. The molecule has 34 heavy (non-hydrogen) atoms. The fourth-order valence-electron chi connectivity index (χ4n) is 3.86. The molecule has 0 aliphatic rings. The van der Waals surface area contributed by atoms with E-state index in [1.165, 1.54) is 89.9 Å². The molecule has 0 spiro atoms. The Bertz CT molecular complexity index is 454. The number of hydrogen-bond donors (Lipinski definition) is 0. The van der Waals surface area contributed by atoms with E-state index in [4.69, 9.17) is 13.6 Å². The average Bonchev–Trinajstić information content (AvgIpc) is 2.74. The molecule has 0 aliphatic carbocycles. The smallest absolute Gasteiger partial charge is 0.306 e. The summed E-state index contributed by atoms with van der Waals surface area (Å²) in [5.74, 6) is -0.103.